The molecule has 0 aliphatic carbocycles. The molecule has 0 unspecified atom stereocenters. The van der Waals surface area contributed by atoms with E-state index in [1.54, 1.807) is 36.5 Å². The number of aryl methyl sites for hydroxylation is 1. The van der Waals surface area contributed by atoms with Gasteiger partial charge in [-0.15, -0.1) is 11.3 Å². The van der Waals surface area contributed by atoms with E-state index in [4.69, 9.17) is 4.74 Å². The summed E-state index contributed by atoms with van der Waals surface area (Å²) in [6, 6.07) is 16.5. The van der Waals surface area contributed by atoms with E-state index in [0.29, 0.717) is 5.56 Å². The number of allylic oxidation sites excluding steroid dienone is 1. The standard InChI is InChI=1S/C20H15NO3S/c1-14-11-16(9-10-21-14)19-8-7-17(25-19)12-18(24-13-22)20(23)15-5-3-2-4-6-15/h2-13H,1H3/b18-12-. The number of nitrogens with zero attached hydrogens (tertiary/aromatic N) is 1. The van der Waals surface area contributed by atoms with E-state index in [2.05, 4.69) is 4.98 Å². The minimum absolute atomic E-state index is 0.000471. The van der Waals surface area contributed by atoms with Crippen LogP contribution < -0.4 is 0 Å². The summed E-state index contributed by atoms with van der Waals surface area (Å²) >= 11 is 1.51. The second-order valence-electron chi connectivity index (χ2n) is 5.31. The molecule has 3 aromatic rings. The van der Waals surface area contributed by atoms with Gasteiger partial charge in [-0.25, -0.2) is 0 Å². The van der Waals surface area contributed by atoms with E-state index in [0.717, 1.165) is 21.0 Å². The molecule has 5 heteroatoms. The molecule has 0 radical (unpaired) electrons. The highest BCUT2D eigenvalue weighted by atomic mass is 32.1. The zero-order chi connectivity index (χ0) is 17.6. The molecular formula is C20H15NO3S. The number of ether oxygens (including phenoxy) is 1. The number of Topliss-reactive ketones (excluding diaryl/α,β-unsaturated/α-hetero) is 1. The van der Waals surface area contributed by atoms with Gasteiger partial charge in [-0.1, -0.05) is 30.3 Å². The molecule has 0 saturated carbocycles. The molecule has 0 atom stereocenters. The quantitative estimate of drug-likeness (QED) is 0.284. The lowest BCUT2D eigenvalue weighted by molar-refractivity contribution is -0.124. The second kappa shape index (κ2) is 7.68. The van der Waals surface area contributed by atoms with Crippen molar-refractivity contribution >= 4 is 29.7 Å². The molecule has 0 spiro atoms. The fourth-order valence-corrected chi connectivity index (χ4v) is 3.29. The summed E-state index contributed by atoms with van der Waals surface area (Å²) < 4.78 is 4.92. The monoisotopic (exact) mass is 349 g/mol. The summed E-state index contributed by atoms with van der Waals surface area (Å²) in [5, 5.41) is 0. The number of rotatable bonds is 6. The average Bonchev–Trinajstić information content (AvgIpc) is 3.10. The summed E-state index contributed by atoms with van der Waals surface area (Å²) in [6.07, 6.45) is 3.35. The van der Waals surface area contributed by atoms with Crippen LogP contribution in [0.3, 0.4) is 0 Å². The van der Waals surface area contributed by atoms with Crippen molar-refractivity contribution in [1.29, 1.82) is 0 Å². The number of benzene rings is 1. The van der Waals surface area contributed by atoms with E-state index < -0.39 is 0 Å². The maximum atomic E-state index is 12.5. The van der Waals surface area contributed by atoms with Crippen molar-refractivity contribution in [2.45, 2.75) is 6.92 Å². The first-order chi connectivity index (χ1) is 12.2. The van der Waals surface area contributed by atoms with Crippen molar-refractivity contribution in [2.75, 3.05) is 0 Å². The first kappa shape index (κ1) is 16.8. The summed E-state index contributed by atoms with van der Waals surface area (Å²) in [7, 11) is 0. The molecule has 25 heavy (non-hydrogen) atoms. The lowest BCUT2D eigenvalue weighted by Crippen LogP contribution is -2.06. The van der Waals surface area contributed by atoms with Gasteiger partial charge in [0.05, 0.1) is 0 Å². The lowest BCUT2D eigenvalue weighted by Gasteiger charge is -2.03. The maximum Gasteiger partial charge on any atom is 0.298 e. The van der Waals surface area contributed by atoms with Gasteiger partial charge in [-0.05, 0) is 36.8 Å². The molecule has 1 aromatic carbocycles. The Morgan fingerprint density at radius 2 is 1.92 bits per heavy atom. The molecule has 0 N–H and O–H groups in total. The van der Waals surface area contributed by atoms with Crippen LogP contribution in [0.5, 0.6) is 0 Å². The minimum atomic E-state index is -0.331. The molecule has 4 nitrogen and oxygen atoms in total. The third kappa shape index (κ3) is 4.08. The normalized spacial score (nSPS) is 11.2. The highest BCUT2D eigenvalue weighted by Gasteiger charge is 2.14. The number of carbonyl (C=O) groups excluding carboxylic acids is 2. The predicted octanol–water partition coefficient (Wildman–Crippen LogP) is 4.52. The highest BCUT2D eigenvalue weighted by molar-refractivity contribution is 7.16. The number of hydrogen-bond donors (Lipinski definition) is 0. The van der Waals surface area contributed by atoms with Crippen molar-refractivity contribution in [3.63, 3.8) is 0 Å². The van der Waals surface area contributed by atoms with E-state index in [9.17, 15) is 9.59 Å². The van der Waals surface area contributed by atoms with Crippen molar-refractivity contribution in [1.82, 2.24) is 4.98 Å². The second-order valence-corrected chi connectivity index (χ2v) is 6.42. The van der Waals surface area contributed by atoms with Crippen LogP contribution in [0.2, 0.25) is 0 Å². The largest absolute Gasteiger partial charge is 0.424 e. The van der Waals surface area contributed by atoms with Gasteiger partial charge in [0.25, 0.3) is 6.47 Å². The number of thiophene rings is 1. The Hall–Kier alpha value is -3.05. The Kier molecular flexibility index (Phi) is 5.16. The molecule has 124 valence electrons. The van der Waals surface area contributed by atoms with E-state index in [1.165, 1.54) is 11.3 Å². The van der Waals surface area contributed by atoms with Crippen LogP contribution >= 0.6 is 11.3 Å². The zero-order valence-electron chi connectivity index (χ0n) is 13.5. The predicted molar refractivity (Wildman–Crippen MR) is 98.2 cm³/mol. The van der Waals surface area contributed by atoms with Crippen LogP contribution in [0.25, 0.3) is 16.5 Å². The van der Waals surface area contributed by atoms with Crippen LogP contribution in [-0.4, -0.2) is 17.2 Å². The highest BCUT2D eigenvalue weighted by Crippen LogP contribution is 2.30. The van der Waals surface area contributed by atoms with Gasteiger partial charge in [0.1, 0.15) is 0 Å². The summed E-state index contributed by atoms with van der Waals surface area (Å²) in [6.45, 7) is 2.21. The maximum absolute atomic E-state index is 12.5. The van der Waals surface area contributed by atoms with Gasteiger partial charge >= 0.3 is 0 Å². The van der Waals surface area contributed by atoms with Gasteiger partial charge < -0.3 is 4.74 Å². The summed E-state index contributed by atoms with van der Waals surface area (Å²) in [4.78, 5) is 29.4. The van der Waals surface area contributed by atoms with Gasteiger partial charge in [-0.2, -0.15) is 0 Å². The number of ketones is 1. The molecule has 2 heterocycles. The van der Waals surface area contributed by atoms with Gasteiger partial charge in [0.2, 0.25) is 5.78 Å². The number of hydrogen-bond acceptors (Lipinski definition) is 5. The molecule has 0 aliphatic heterocycles. The molecular weight excluding hydrogens is 334 g/mol. The molecule has 0 aliphatic rings. The lowest BCUT2D eigenvalue weighted by atomic mass is 10.1. The summed E-state index contributed by atoms with van der Waals surface area (Å²) in [5.74, 6) is -0.331. The molecule has 3 rings (SSSR count). The smallest absolute Gasteiger partial charge is 0.298 e. The molecule has 2 aromatic heterocycles. The topological polar surface area (TPSA) is 56.3 Å². The van der Waals surface area contributed by atoms with Crippen molar-refractivity contribution in [3.8, 4) is 10.4 Å². The Balaban J connectivity index is 1.91. The Labute approximate surface area is 149 Å². The molecule has 0 bridgehead atoms. The van der Waals surface area contributed by atoms with Crippen molar-refractivity contribution < 1.29 is 14.3 Å². The van der Waals surface area contributed by atoms with E-state index in [-0.39, 0.29) is 18.0 Å². The Morgan fingerprint density at radius 1 is 1.12 bits per heavy atom. The van der Waals surface area contributed by atoms with Crippen LogP contribution in [0, 0.1) is 6.92 Å². The molecule has 0 amide bonds. The van der Waals surface area contributed by atoms with Gasteiger partial charge in [0.15, 0.2) is 5.76 Å². The van der Waals surface area contributed by atoms with Crippen LogP contribution in [0.15, 0.2) is 66.6 Å². The third-order valence-corrected chi connectivity index (χ3v) is 4.60. The van der Waals surface area contributed by atoms with Gasteiger partial charge in [-0.3, -0.25) is 14.6 Å². The molecule has 0 saturated heterocycles. The Bertz CT molecular complexity index is 929. The fraction of sp³-hybridized carbons (Fsp3) is 0.0500. The average molecular weight is 349 g/mol. The minimum Gasteiger partial charge on any atom is -0.424 e. The van der Waals surface area contributed by atoms with Crippen LogP contribution in [0.4, 0.5) is 0 Å². The SMILES string of the molecule is Cc1cc(-c2ccc(/C=C(\OC=O)C(=O)c3ccccc3)s2)ccn1. The van der Waals surface area contributed by atoms with Crippen LogP contribution in [-0.2, 0) is 9.53 Å². The first-order valence-electron chi connectivity index (χ1n) is 7.62. The van der Waals surface area contributed by atoms with Crippen LogP contribution in [0.1, 0.15) is 20.9 Å². The first-order valence-corrected chi connectivity index (χ1v) is 8.43. The number of pyridine rings is 1. The van der Waals surface area contributed by atoms with E-state index >= 15 is 0 Å². The fourth-order valence-electron chi connectivity index (χ4n) is 2.35. The van der Waals surface area contributed by atoms with Gasteiger partial charge in [0, 0.05) is 33.3 Å². The summed E-state index contributed by atoms with van der Waals surface area (Å²) in [5.41, 5.74) is 2.47. The third-order valence-electron chi connectivity index (χ3n) is 3.52. The number of carbonyl (C=O) groups is 2. The van der Waals surface area contributed by atoms with Crippen molar-refractivity contribution in [2.24, 2.45) is 0 Å². The molecule has 0 fully saturated rings. The zero-order valence-corrected chi connectivity index (χ0v) is 14.3. The van der Waals surface area contributed by atoms with Crippen molar-refractivity contribution in [3.05, 3.63) is 82.7 Å². The van der Waals surface area contributed by atoms with E-state index in [1.807, 2.05) is 37.3 Å². The number of aromatic nitrogens is 1. The Morgan fingerprint density at radius 3 is 2.64 bits per heavy atom.